The summed E-state index contributed by atoms with van der Waals surface area (Å²) in [6.07, 6.45) is 4.77. The van der Waals surface area contributed by atoms with Gasteiger partial charge in [-0.2, -0.15) is 0 Å². The van der Waals surface area contributed by atoms with Crippen molar-refractivity contribution in [3.63, 3.8) is 0 Å². The van der Waals surface area contributed by atoms with Crippen LogP contribution in [0.3, 0.4) is 0 Å². The Labute approximate surface area is 96.5 Å². The lowest BCUT2D eigenvalue weighted by Crippen LogP contribution is -2.29. The van der Waals surface area contributed by atoms with Crippen molar-refractivity contribution >= 4 is 6.29 Å². The van der Waals surface area contributed by atoms with E-state index in [1.165, 1.54) is 37.9 Å². The summed E-state index contributed by atoms with van der Waals surface area (Å²) >= 11 is 0. The van der Waals surface area contributed by atoms with Gasteiger partial charge in [-0.3, -0.25) is 9.69 Å². The fraction of sp³-hybridized carbons (Fsp3) is 0.538. The zero-order valence-electron chi connectivity index (χ0n) is 9.78. The van der Waals surface area contributed by atoms with Gasteiger partial charge in [-0.15, -0.1) is 0 Å². The van der Waals surface area contributed by atoms with Crippen molar-refractivity contribution in [3.05, 3.63) is 29.1 Å². The quantitative estimate of drug-likeness (QED) is 0.729. The van der Waals surface area contributed by atoms with Crippen molar-refractivity contribution in [1.82, 2.24) is 9.88 Å². The summed E-state index contributed by atoms with van der Waals surface area (Å²) in [5.41, 5.74) is 2.75. The van der Waals surface area contributed by atoms with Crippen LogP contribution in [0.2, 0.25) is 0 Å². The second kappa shape index (κ2) is 5.21. The number of rotatable bonds is 3. The average molecular weight is 218 g/mol. The molecule has 2 heterocycles. The molecule has 0 unspecified atom stereocenters. The fourth-order valence-corrected chi connectivity index (χ4v) is 2.20. The molecule has 0 amide bonds. The molecule has 3 heteroatoms. The predicted molar refractivity (Wildman–Crippen MR) is 63.5 cm³/mol. The maximum atomic E-state index is 10.6. The smallest absolute Gasteiger partial charge is 0.168 e. The van der Waals surface area contributed by atoms with Gasteiger partial charge in [-0.25, -0.2) is 4.98 Å². The number of likely N-dealkylation sites (tertiary alicyclic amines) is 1. The van der Waals surface area contributed by atoms with E-state index >= 15 is 0 Å². The summed E-state index contributed by atoms with van der Waals surface area (Å²) in [5, 5.41) is 0. The molecule has 0 saturated carbocycles. The molecule has 0 N–H and O–H groups in total. The Balaban J connectivity index is 2.05. The molecule has 16 heavy (non-hydrogen) atoms. The largest absolute Gasteiger partial charge is 0.299 e. The first kappa shape index (κ1) is 11.3. The number of aromatic nitrogens is 1. The van der Waals surface area contributed by atoms with E-state index in [2.05, 4.69) is 9.88 Å². The first-order valence-corrected chi connectivity index (χ1v) is 5.93. The summed E-state index contributed by atoms with van der Waals surface area (Å²) in [6.45, 7) is 5.33. The minimum Gasteiger partial charge on any atom is -0.299 e. The molecule has 0 radical (unpaired) electrons. The Hall–Kier alpha value is -1.22. The van der Waals surface area contributed by atoms with E-state index in [-0.39, 0.29) is 0 Å². The Morgan fingerprint density at radius 3 is 2.69 bits per heavy atom. The van der Waals surface area contributed by atoms with E-state index in [9.17, 15) is 4.79 Å². The zero-order valence-corrected chi connectivity index (χ0v) is 9.78. The molecule has 1 aromatic heterocycles. The number of pyridine rings is 1. The van der Waals surface area contributed by atoms with Crippen LogP contribution in [0.25, 0.3) is 0 Å². The van der Waals surface area contributed by atoms with Gasteiger partial charge in [0.15, 0.2) is 6.29 Å². The summed E-state index contributed by atoms with van der Waals surface area (Å²) in [4.78, 5) is 17.3. The van der Waals surface area contributed by atoms with Crippen molar-refractivity contribution in [2.24, 2.45) is 0 Å². The monoisotopic (exact) mass is 218 g/mol. The van der Waals surface area contributed by atoms with Crippen LogP contribution in [0, 0.1) is 6.92 Å². The second-order valence-electron chi connectivity index (χ2n) is 4.44. The minimum absolute atomic E-state index is 0.528. The van der Waals surface area contributed by atoms with E-state index in [0.29, 0.717) is 5.69 Å². The molecule has 2 rings (SSSR count). The van der Waals surface area contributed by atoms with Gasteiger partial charge < -0.3 is 0 Å². The number of hydrogen-bond acceptors (Lipinski definition) is 3. The summed E-state index contributed by atoms with van der Waals surface area (Å²) in [7, 11) is 0. The third-order valence-electron chi connectivity index (χ3n) is 3.18. The Morgan fingerprint density at radius 1 is 1.31 bits per heavy atom. The number of nitrogens with zero attached hydrogens (tertiary/aromatic N) is 2. The third-order valence-corrected chi connectivity index (χ3v) is 3.18. The third kappa shape index (κ3) is 2.67. The van der Waals surface area contributed by atoms with Gasteiger partial charge in [0.05, 0.1) is 0 Å². The minimum atomic E-state index is 0.528. The van der Waals surface area contributed by atoms with Gasteiger partial charge in [0, 0.05) is 12.2 Å². The van der Waals surface area contributed by atoms with Crippen LogP contribution >= 0.6 is 0 Å². The van der Waals surface area contributed by atoms with Crippen LogP contribution in [0.4, 0.5) is 0 Å². The molecule has 0 aliphatic carbocycles. The summed E-state index contributed by atoms with van der Waals surface area (Å²) in [6, 6.07) is 3.83. The van der Waals surface area contributed by atoms with Crippen molar-refractivity contribution < 1.29 is 4.79 Å². The van der Waals surface area contributed by atoms with E-state index < -0.39 is 0 Å². The maximum Gasteiger partial charge on any atom is 0.168 e. The highest BCUT2D eigenvalue weighted by Crippen LogP contribution is 2.14. The summed E-state index contributed by atoms with van der Waals surface area (Å²) < 4.78 is 0. The lowest BCUT2D eigenvalue weighted by atomic mass is 10.1. The molecular formula is C13H18N2O. The number of carbonyl (C=O) groups is 1. The van der Waals surface area contributed by atoms with Gasteiger partial charge in [0.2, 0.25) is 0 Å². The van der Waals surface area contributed by atoms with Gasteiger partial charge >= 0.3 is 0 Å². The van der Waals surface area contributed by atoms with E-state index in [1.807, 2.05) is 13.0 Å². The van der Waals surface area contributed by atoms with E-state index in [4.69, 9.17) is 0 Å². The van der Waals surface area contributed by atoms with Crippen LogP contribution in [0.15, 0.2) is 12.1 Å². The normalized spacial score (nSPS) is 17.3. The predicted octanol–water partition coefficient (Wildman–Crippen LogP) is 2.19. The topological polar surface area (TPSA) is 33.2 Å². The number of hydrogen-bond donors (Lipinski definition) is 0. The number of carbonyl (C=O) groups excluding carboxylic acids is 1. The zero-order chi connectivity index (χ0) is 11.4. The Bertz CT molecular complexity index is 370. The van der Waals surface area contributed by atoms with Crippen LogP contribution in [-0.4, -0.2) is 29.3 Å². The second-order valence-corrected chi connectivity index (χ2v) is 4.44. The van der Waals surface area contributed by atoms with Crippen molar-refractivity contribution in [2.75, 3.05) is 13.1 Å². The van der Waals surface area contributed by atoms with E-state index in [1.54, 1.807) is 6.07 Å². The van der Waals surface area contributed by atoms with Gasteiger partial charge in [0.1, 0.15) is 5.69 Å². The lowest BCUT2D eigenvalue weighted by molar-refractivity contribution is 0.111. The molecule has 3 nitrogen and oxygen atoms in total. The molecule has 86 valence electrons. The van der Waals surface area contributed by atoms with E-state index in [0.717, 1.165) is 18.5 Å². The number of piperidine rings is 1. The maximum absolute atomic E-state index is 10.6. The first-order chi connectivity index (χ1) is 7.79. The van der Waals surface area contributed by atoms with Gasteiger partial charge in [0.25, 0.3) is 0 Å². The molecule has 0 spiro atoms. The summed E-state index contributed by atoms with van der Waals surface area (Å²) in [5.74, 6) is 0. The Kier molecular flexibility index (Phi) is 3.67. The van der Waals surface area contributed by atoms with Crippen molar-refractivity contribution in [1.29, 1.82) is 0 Å². The molecular weight excluding hydrogens is 200 g/mol. The standard InChI is InChI=1S/C13H18N2O/c1-11-12(5-6-13(10-16)14-11)9-15-7-3-2-4-8-15/h5-6,10H,2-4,7-9H2,1H3. The van der Waals surface area contributed by atoms with Crippen LogP contribution in [-0.2, 0) is 6.54 Å². The van der Waals surface area contributed by atoms with Gasteiger partial charge in [-0.05, 0) is 44.5 Å². The first-order valence-electron chi connectivity index (χ1n) is 5.93. The Morgan fingerprint density at radius 2 is 2.06 bits per heavy atom. The molecule has 0 aromatic carbocycles. The van der Waals surface area contributed by atoms with Crippen LogP contribution < -0.4 is 0 Å². The molecule has 0 bridgehead atoms. The molecule has 1 aromatic rings. The highest BCUT2D eigenvalue weighted by atomic mass is 16.1. The average Bonchev–Trinajstić information content (AvgIpc) is 2.33. The molecule has 1 fully saturated rings. The fourth-order valence-electron chi connectivity index (χ4n) is 2.20. The molecule has 1 aliphatic rings. The molecule has 1 saturated heterocycles. The highest BCUT2D eigenvalue weighted by molar-refractivity contribution is 5.71. The van der Waals surface area contributed by atoms with Gasteiger partial charge in [-0.1, -0.05) is 12.5 Å². The number of aryl methyl sites for hydroxylation is 1. The SMILES string of the molecule is Cc1nc(C=O)ccc1CN1CCCCC1. The molecule has 1 aliphatic heterocycles. The number of aldehydes is 1. The van der Waals surface area contributed by atoms with Crippen molar-refractivity contribution in [3.8, 4) is 0 Å². The van der Waals surface area contributed by atoms with Crippen molar-refractivity contribution in [2.45, 2.75) is 32.7 Å². The highest BCUT2D eigenvalue weighted by Gasteiger charge is 2.11. The van der Waals surface area contributed by atoms with Crippen LogP contribution in [0.1, 0.15) is 41.0 Å². The molecule has 0 atom stereocenters. The lowest BCUT2D eigenvalue weighted by Gasteiger charge is -2.26. The van der Waals surface area contributed by atoms with Crippen LogP contribution in [0.5, 0.6) is 0 Å².